The van der Waals surface area contributed by atoms with Crippen LogP contribution in [0.3, 0.4) is 0 Å². The van der Waals surface area contributed by atoms with E-state index in [-0.39, 0.29) is 5.41 Å². The fourth-order valence-electron chi connectivity index (χ4n) is 1.65. The predicted octanol–water partition coefficient (Wildman–Crippen LogP) is 3.74. The number of aliphatic hydroxyl groups is 1. The number of hydrogen-bond donors (Lipinski definition) is 1. The van der Waals surface area contributed by atoms with Crippen molar-refractivity contribution >= 4 is 0 Å². The summed E-state index contributed by atoms with van der Waals surface area (Å²) in [5, 5.41) is 9.99. The number of aryl methyl sites for hydroxylation is 1. The van der Waals surface area contributed by atoms with Crippen LogP contribution in [-0.2, 0) is 11.2 Å². The second kappa shape index (κ2) is 6.91. The number of benzene rings is 1. The first-order valence-electron chi connectivity index (χ1n) is 6.77. The van der Waals surface area contributed by atoms with E-state index < -0.39 is 6.10 Å². The molecule has 0 aliphatic carbocycles. The minimum Gasteiger partial charge on any atom is -0.386 e. The van der Waals surface area contributed by atoms with Crippen LogP contribution in [-0.4, -0.2) is 18.3 Å². The molecule has 2 heteroatoms. The van der Waals surface area contributed by atoms with Gasteiger partial charge in [-0.25, -0.2) is 0 Å². The summed E-state index contributed by atoms with van der Waals surface area (Å²) in [7, 11) is 0. The van der Waals surface area contributed by atoms with Crippen LogP contribution >= 0.6 is 0 Å². The van der Waals surface area contributed by atoms with Gasteiger partial charge in [-0.3, -0.25) is 0 Å². The van der Waals surface area contributed by atoms with Gasteiger partial charge >= 0.3 is 0 Å². The van der Waals surface area contributed by atoms with Gasteiger partial charge < -0.3 is 9.84 Å². The van der Waals surface area contributed by atoms with Crippen molar-refractivity contribution in [3.05, 3.63) is 35.4 Å². The van der Waals surface area contributed by atoms with Gasteiger partial charge in [0.05, 0.1) is 6.61 Å². The molecule has 0 aliphatic rings. The maximum atomic E-state index is 9.99. The van der Waals surface area contributed by atoms with E-state index in [0.717, 1.165) is 18.4 Å². The smallest absolute Gasteiger partial charge is 0.102 e. The van der Waals surface area contributed by atoms with Crippen molar-refractivity contribution in [2.45, 2.75) is 46.6 Å². The Morgan fingerprint density at radius 1 is 1.17 bits per heavy atom. The van der Waals surface area contributed by atoms with Gasteiger partial charge in [-0.2, -0.15) is 0 Å². The van der Waals surface area contributed by atoms with Crippen LogP contribution in [0, 0.1) is 5.41 Å². The average Bonchev–Trinajstić information content (AvgIpc) is 2.33. The molecule has 0 fully saturated rings. The van der Waals surface area contributed by atoms with Crippen LogP contribution in [0.4, 0.5) is 0 Å². The molecule has 0 aliphatic heterocycles. The average molecular weight is 250 g/mol. The van der Waals surface area contributed by atoms with Gasteiger partial charge in [0.1, 0.15) is 6.10 Å². The molecule has 0 saturated heterocycles. The molecule has 0 bridgehead atoms. The molecule has 0 amide bonds. The molecule has 0 spiro atoms. The zero-order valence-electron chi connectivity index (χ0n) is 12.1. The third-order valence-electron chi connectivity index (χ3n) is 3.04. The van der Waals surface area contributed by atoms with Crippen LogP contribution in [0.5, 0.6) is 0 Å². The van der Waals surface area contributed by atoms with E-state index in [0.29, 0.717) is 13.2 Å². The van der Waals surface area contributed by atoms with Crippen molar-refractivity contribution in [3.63, 3.8) is 0 Å². The van der Waals surface area contributed by atoms with Crippen molar-refractivity contribution < 1.29 is 9.84 Å². The van der Waals surface area contributed by atoms with Crippen LogP contribution in [0.1, 0.15) is 51.3 Å². The minimum absolute atomic E-state index is 0.285. The summed E-state index contributed by atoms with van der Waals surface area (Å²) in [4.78, 5) is 0. The molecule has 1 atom stereocenters. The first-order chi connectivity index (χ1) is 8.42. The molecule has 1 N–H and O–H groups in total. The van der Waals surface area contributed by atoms with E-state index in [1.807, 2.05) is 12.1 Å². The molecular weight excluding hydrogens is 224 g/mol. The topological polar surface area (TPSA) is 29.5 Å². The second-order valence-corrected chi connectivity index (χ2v) is 6.00. The lowest BCUT2D eigenvalue weighted by Crippen LogP contribution is -2.13. The molecule has 1 aromatic carbocycles. The van der Waals surface area contributed by atoms with Crippen molar-refractivity contribution in [1.29, 1.82) is 0 Å². The third kappa shape index (κ3) is 5.65. The van der Waals surface area contributed by atoms with Gasteiger partial charge in [-0.05, 0) is 29.4 Å². The van der Waals surface area contributed by atoms with Crippen molar-refractivity contribution in [2.75, 3.05) is 13.2 Å². The highest BCUT2D eigenvalue weighted by Gasteiger charge is 2.11. The zero-order chi connectivity index (χ0) is 13.6. The van der Waals surface area contributed by atoms with Gasteiger partial charge in [0.25, 0.3) is 0 Å². The van der Waals surface area contributed by atoms with Crippen LogP contribution in [0.25, 0.3) is 0 Å². The molecule has 2 nitrogen and oxygen atoms in total. The normalized spacial score (nSPS) is 13.6. The standard InChI is InChI=1S/C16H26O2/c1-5-13-6-8-14(9-7-13)15(17)12-18-11-10-16(2,3)4/h6-9,15,17H,5,10-12H2,1-4H3. The molecule has 1 aromatic rings. The Bertz CT molecular complexity index is 335. The molecule has 1 rings (SSSR count). The quantitative estimate of drug-likeness (QED) is 0.779. The zero-order valence-corrected chi connectivity index (χ0v) is 12.1. The minimum atomic E-state index is -0.518. The van der Waals surface area contributed by atoms with E-state index in [2.05, 4.69) is 39.8 Å². The van der Waals surface area contributed by atoms with Gasteiger partial charge in [0, 0.05) is 6.61 Å². The number of hydrogen-bond acceptors (Lipinski definition) is 2. The molecule has 1 unspecified atom stereocenters. The monoisotopic (exact) mass is 250 g/mol. The highest BCUT2D eigenvalue weighted by Crippen LogP contribution is 2.19. The van der Waals surface area contributed by atoms with E-state index in [9.17, 15) is 5.11 Å². The third-order valence-corrected chi connectivity index (χ3v) is 3.04. The molecule has 0 radical (unpaired) electrons. The van der Waals surface area contributed by atoms with E-state index in [4.69, 9.17) is 4.74 Å². The maximum Gasteiger partial charge on any atom is 0.102 e. The number of aliphatic hydroxyl groups excluding tert-OH is 1. The van der Waals surface area contributed by atoms with Crippen LogP contribution < -0.4 is 0 Å². The Hall–Kier alpha value is -0.860. The van der Waals surface area contributed by atoms with Gasteiger partial charge in [-0.15, -0.1) is 0 Å². The number of rotatable bonds is 6. The lowest BCUT2D eigenvalue weighted by Gasteiger charge is -2.18. The van der Waals surface area contributed by atoms with Crippen molar-refractivity contribution in [1.82, 2.24) is 0 Å². The predicted molar refractivity (Wildman–Crippen MR) is 75.7 cm³/mol. The summed E-state index contributed by atoms with van der Waals surface area (Å²) in [5.74, 6) is 0. The lowest BCUT2D eigenvalue weighted by molar-refractivity contribution is 0.0263. The Morgan fingerprint density at radius 2 is 1.78 bits per heavy atom. The first-order valence-corrected chi connectivity index (χ1v) is 6.77. The Kier molecular flexibility index (Phi) is 5.83. The van der Waals surface area contributed by atoms with E-state index in [1.165, 1.54) is 5.56 Å². The summed E-state index contributed by atoms with van der Waals surface area (Å²) < 4.78 is 5.53. The SMILES string of the molecule is CCc1ccc(C(O)COCCC(C)(C)C)cc1. The Labute approximate surface area is 111 Å². The summed E-state index contributed by atoms with van der Waals surface area (Å²) in [6.45, 7) is 9.78. The van der Waals surface area contributed by atoms with Gasteiger partial charge in [0.2, 0.25) is 0 Å². The van der Waals surface area contributed by atoms with Crippen LogP contribution in [0.2, 0.25) is 0 Å². The molecule has 0 heterocycles. The summed E-state index contributed by atoms with van der Waals surface area (Å²) in [6, 6.07) is 8.09. The largest absolute Gasteiger partial charge is 0.386 e. The summed E-state index contributed by atoms with van der Waals surface area (Å²) in [5.41, 5.74) is 2.51. The fourth-order valence-corrected chi connectivity index (χ4v) is 1.65. The van der Waals surface area contributed by atoms with Crippen molar-refractivity contribution in [3.8, 4) is 0 Å². The van der Waals surface area contributed by atoms with E-state index >= 15 is 0 Å². The van der Waals surface area contributed by atoms with E-state index in [1.54, 1.807) is 0 Å². The molecule has 0 saturated carbocycles. The first kappa shape index (κ1) is 15.2. The lowest BCUT2D eigenvalue weighted by atomic mass is 9.93. The number of ether oxygens (including phenoxy) is 1. The molecular formula is C16H26O2. The Balaban J connectivity index is 2.33. The molecule has 0 aromatic heterocycles. The van der Waals surface area contributed by atoms with Crippen molar-refractivity contribution in [2.24, 2.45) is 5.41 Å². The molecule has 18 heavy (non-hydrogen) atoms. The highest BCUT2D eigenvalue weighted by atomic mass is 16.5. The fraction of sp³-hybridized carbons (Fsp3) is 0.625. The molecule has 102 valence electrons. The maximum absolute atomic E-state index is 9.99. The van der Waals surface area contributed by atoms with Crippen LogP contribution in [0.15, 0.2) is 24.3 Å². The van der Waals surface area contributed by atoms with Gasteiger partial charge in [0.15, 0.2) is 0 Å². The second-order valence-electron chi connectivity index (χ2n) is 6.00. The van der Waals surface area contributed by atoms with Gasteiger partial charge in [-0.1, -0.05) is 52.0 Å². The summed E-state index contributed by atoms with van der Waals surface area (Å²) >= 11 is 0. The summed E-state index contributed by atoms with van der Waals surface area (Å²) in [6.07, 6.45) is 1.52. The highest BCUT2D eigenvalue weighted by molar-refractivity contribution is 5.24. The Morgan fingerprint density at radius 3 is 2.28 bits per heavy atom.